The summed E-state index contributed by atoms with van der Waals surface area (Å²) in [4.78, 5) is 14.4. The molecule has 2 N–H and O–H groups in total. The van der Waals surface area contributed by atoms with Gasteiger partial charge in [0, 0.05) is 43.3 Å². The molecule has 0 aliphatic rings. The van der Waals surface area contributed by atoms with E-state index in [4.69, 9.17) is 5.73 Å². The summed E-state index contributed by atoms with van der Waals surface area (Å²) in [5.41, 5.74) is 11.9. The Labute approximate surface area is 158 Å². The first-order valence-electron chi connectivity index (χ1n) is 9.57. The summed E-state index contributed by atoms with van der Waals surface area (Å²) in [5, 5.41) is 0. The van der Waals surface area contributed by atoms with Crippen LogP contribution in [0, 0.1) is 12.8 Å². The van der Waals surface area contributed by atoms with Crippen molar-refractivity contribution >= 4 is 11.6 Å². The maximum atomic E-state index is 12.3. The molecular formula is C22H33N3O. The fourth-order valence-electron chi connectivity index (χ4n) is 3.52. The summed E-state index contributed by atoms with van der Waals surface area (Å²) in [6, 6.07) is 8.39. The second-order valence-electron chi connectivity index (χ2n) is 7.67. The van der Waals surface area contributed by atoms with Crippen LogP contribution in [0.15, 0.2) is 24.3 Å². The molecule has 4 nitrogen and oxygen atoms in total. The summed E-state index contributed by atoms with van der Waals surface area (Å²) in [7, 11) is 4.05. The van der Waals surface area contributed by atoms with Gasteiger partial charge in [-0.25, -0.2) is 0 Å². The molecule has 1 amide bonds. The number of aromatic nitrogens is 1. The Bertz CT molecular complexity index is 755. The summed E-state index contributed by atoms with van der Waals surface area (Å²) < 4.78 is 2.32. The van der Waals surface area contributed by atoms with Crippen molar-refractivity contribution < 1.29 is 4.79 Å². The molecule has 26 heavy (non-hydrogen) atoms. The zero-order valence-corrected chi connectivity index (χ0v) is 17.1. The van der Waals surface area contributed by atoms with Crippen molar-refractivity contribution in [2.45, 2.75) is 53.5 Å². The molecule has 4 heteroatoms. The van der Waals surface area contributed by atoms with E-state index in [1.54, 1.807) is 0 Å². The van der Waals surface area contributed by atoms with Crippen molar-refractivity contribution in [1.29, 1.82) is 0 Å². The molecule has 1 aromatic heterocycles. The fraction of sp³-hybridized carbons (Fsp3) is 0.500. The van der Waals surface area contributed by atoms with Gasteiger partial charge in [-0.2, -0.15) is 0 Å². The zero-order valence-electron chi connectivity index (χ0n) is 17.1. The highest BCUT2D eigenvalue weighted by atomic mass is 16.1. The third-order valence-electron chi connectivity index (χ3n) is 4.97. The Balaban J connectivity index is 2.64. The van der Waals surface area contributed by atoms with Gasteiger partial charge in [-0.3, -0.25) is 4.79 Å². The van der Waals surface area contributed by atoms with Crippen LogP contribution in [-0.4, -0.2) is 24.6 Å². The molecule has 0 aliphatic carbocycles. The van der Waals surface area contributed by atoms with Gasteiger partial charge in [-0.15, -0.1) is 0 Å². The standard InChI is InChI=1S/C22H33N3O/c1-7-8-19-21(17-9-11-18(12-10-17)24(5)6)20(22(23)26)16(4)25(19)14-13-15(2)3/h9-12,15H,7-8,13-14H2,1-6H3,(H2,23,26). The molecule has 0 atom stereocenters. The van der Waals surface area contributed by atoms with E-state index in [0.29, 0.717) is 11.5 Å². The second kappa shape index (κ2) is 8.43. The lowest BCUT2D eigenvalue weighted by atomic mass is 9.97. The molecule has 2 rings (SSSR count). The third-order valence-corrected chi connectivity index (χ3v) is 4.97. The number of primary amides is 1. The molecule has 142 valence electrons. The summed E-state index contributed by atoms with van der Waals surface area (Å²) >= 11 is 0. The van der Waals surface area contributed by atoms with Crippen LogP contribution in [-0.2, 0) is 13.0 Å². The lowest BCUT2D eigenvalue weighted by Crippen LogP contribution is -2.14. The molecule has 1 aromatic carbocycles. The molecule has 1 heterocycles. The molecule has 0 fully saturated rings. The van der Waals surface area contributed by atoms with Gasteiger partial charge in [0.05, 0.1) is 5.56 Å². The van der Waals surface area contributed by atoms with E-state index in [1.807, 2.05) is 21.0 Å². The first-order chi connectivity index (χ1) is 12.3. The van der Waals surface area contributed by atoms with Gasteiger partial charge in [0.15, 0.2) is 0 Å². The number of carbonyl (C=O) groups excluding carboxylic acids is 1. The van der Waals surface area contributed by atoms with Crippen molar-refractivity contribution in [3.05, 3.63) is 41.2 Å². The van der Waals surface area contributed by atoms with Gasteiger partial charge < -0.3 is 15.2 Å². The number of hydrogen-bond acceptors (Lipinski definition) is 2. The van der Waals surface area contributed by atoms with Crippen molar-refractivity contribution in [2.75, 3.05) is 19.0 Å². The van der Waals surface area contributed by atoms with Crippen LogP contribution in [0.5, 0.6) is 0 Å². The maximum Gasteiger partial charge on any atom is 0.251 e. The van der Waals surface area contributed by atoms with Crippen LogP contribution in [0.2, 0.25) is 0 Å². The second-order valence-corrected chi connectivity index (χ2v) is 7.67. The molecule has 0 saturated carbocycles. The number of nitrogens with two attached hydrogens (primary N) is 1. The Morgan fingerprint density at radius 3 is 2.27 bits per heavy atom. The molecule has 2 aromatic rings. The predicted molar refractivity (Wildman–Crippen MR) is 111 cm³/mol. The third kappa shape index (κ3) is 4.12. The van der Waals surface area contributed by atoms with Crippen LogP contribution in [0.25, 0.3) is 11.1 Å². The van der Waals surface area contributed by atoms with Crippen molar-refractivity contribution in [2.24, 2.45) is 11.7 Å². The van der Waals surface area contributed by atoms with Crippen LogP contribution in [0.3, 0.4) is 0 Å². The smallest absolute Gasteiger partial charge is 0.251 e. The number of carbonyl (C=O) groups is 1. The Kier molecular flexibility index (Phi) is 6.52. The van der Waals surface area contributed by atoms with E-state index >= 15 is 0 Å². The molecule has 0 spiro atoms. The zero-order chi connectivity index (χ0) is 19.4. The highest BCUT2D eigenvalue weighted by molar-refractivity contribution is 6.02. The lowest BCUT2D eigenvalue weighted by molar-refractivity contribution is 0.1000. The lowest BCUT2D eigenvalue weighted by Gasteiger charge is -2.15. The van der Waals surface area contributed by atoms with E-state index in [0.717, 1.165) is 48.3 Å². The number of benzene rings is 1. The highest BCUT2D eigenvalue weighted by Gasteiger charge is 2.24. The van der Waals surface area contributed by atoms with Crippen molar-refractivity contribution in [3.63, 3.8) is 0 Å². The van der Waals surface area contributed by atoms with E-state index in [1.165, 1.54) is 5.69 Å². The molecule has 0 bridgehead atoms. The number of amides is 1. The summed E-state index contributed by atoms with van der Waals surface area (Å²) in [5.74, 6) is 0.279. The quantitative estimate of drug-likeness (QED) is 0.751. The first kappa shape index (κ1) is 20.1. The average molecular weight is 356 g/mol. The van der Waals surface area contributed by atoms with E-state index < -0.39 is 0 Å². The average Bonchev–Trinajstić information content (AvgIpc) is 2.85. The van der Waals surface area contributed by atoms with Gasteiger partial charge in [-0.05, 0) is 43.4 Å². The van der Waals surface area contributed by atoms with Gasteiger partial charge in [-0.1, -0.05) is 39.3 Å². The maximum absolute atomic E-state index is 12.3. The number of anilines is 1. The minimum Gasteiger partial charge on any atom is -0.378 e. The predicted octanol–water partition coefficient (Wildman–Crippen LogP) is 4.63. The highest BCUT2D eigenvalue weighted by Crippen LogP contribution is 2.35. The topological polar surface area (TPSA) is 51.3 Å². The SMILES string of the molecule is CCCc1c(-c2ccc(N(C)C)cc2)c(C(N)=O)c(C)n1CCC(C)C. The summed E-state index contributed by atoms with van der Waals surface area (Å²) in [6.45, 7) is 9.59. The Morgan fingerprint density at radius 1 is 1.19 bits per heavy atom. The normalized spacial score (nSPS) is 11.2. The number of rotatable bonds is 8. The van der Waals surface area contributed by atoms with Crippen molar-refractivity contribution in [3.8, 4) is 11.1 Å². The minimum absolute atomic E-state index is 0.338. The Morgan fingerprint density at radius 2 is 1.81 bits per heavy atom. The monoisotopic (exact) mass is 355 g/mol. The van der Waals surface area contributed by atoms with E-state index in [-0.39, 0.29) is 5.91 Å². The molecular weight excluding hydrogens is 322 g/mol. The van der Waals surface area contributed by atoms with E-state index in [2.05, 4.69) is 54.5 Å². The van der Waals surface area contributed by atoms with E-state index in [9.17, 15) is 4.79 Å². The first-order valence-corrected chi connectivity index (χ1v) is 9.57. The molecule has 0 saturated heterocycles. The van der Waals surface area contributed by atoms with Gasteiger partial charge in [0.1, 0.15) is 0 Å². The van der Waals surface area contributed by atoms with Crippen LogP contribution in [0.1, 0.15) is 55.4 Å². The fourth-order valence-corrected chi connectivity index (χ4v) is 3.52. The Hall–Kier alpha value is -2.23. The van der Waals surface area contributed by atoms with Crippen molar-refractivity contribution in [1.82, 2.24) is 4.57 Å². The molecule has 0 aliphatic heterocycles. The van der Waals surface area contributed by atoms with Gasteiger partial charge in [0.2, 0.25) is 0 Å². The summed E-state index contributed by atoms with van der Waals surface area (Å²) in [6.07, 6.45) is 3.06. The van der Waals surface area contributed by atoms with Crippen LogP contribution < -0.4 is 10.6 Å². The van der Waals surface area contributed by atoms with Gasteiger partial charge in [0.25, 0.3) is 5.91 Å². The van der Waals surface area contributed by atoms with Crippen LogP contribution >= 0.6 is 0 Å². The largest absolute Gasteiger partial charge is 0.378 e. The van der Waals surface area contributed by atoms with Gasteiger partial charge >= 0.3 is 0 Å². The number of nitrogens with zero attached hydrogens (tertiary/aromatic N) is 2. The minimum atomic E-state index is -0.338. The molecule has 0 radical (unpaired) electrons. The molecule has 0 unspecified atom stereocenters. The number of hydrogen-bond donors (Lipinski definition) is 1. The van der Waals surface area contributed by atoms with Crippen LogP contribution in [0.4, 0.5) is 5.69 Å².